The van der Waals surface area contributed by atoms with E-state index in [4.69, 9.17) is 14.8 Å². The number of aryl methyl sites for hydroxylation is 1. The monoisotopic (exact) mass is 543 g/mol. The summed E-state index contributed by atoms with van der Waals surface area (Å²) in [6.07, 6.45) is 7.23. The molecule has 1 saturated carbocycles. The summed E-state index contributed by atoms with van der Waals surface area (Å²) in [6, 6.07) is 9.71. The third kappa shape index (κ3) is 5.39. The third-order valence-corrected chi connectivity index (χ3v) is 7.73. The summed E-state index contributed by atoms with van der Waals surface area (Å²) in [4.78, 5) is 23.7. The number of carbonyl (C=O) groups excluding carboxylic acids is 1. The number of amides is 1. The van der Waals surface area contributed by atoms with Crippen molar-refractivity contribution in [3.63, 3.8) is 0 Å². The SMILES string of the molecule is Cn1nc(C2CCCCC2)cc1Nc1nccc(-c2cc(C#N)c3c(c2)C(C)(CO)CN3C(=O)OC(C)(C)C)n1. The van der Waals surface area contributed by atoms with Crippen LogP contribution in [0.1, 0.15) is 82.5 Å². The Morgan fingerprint density at radius 3 is 2.67 bits per heavy atom. The van der Waals surface area contributed by atoms with Gasteiger partial charge >= 0.3 is 6.09 Å². The normalized spacial score (nSPS) is 19.3. The molecule has 1 aliphatic heterocycles. The first kappa shape index (κ1) is 27.6. The van der Waals surface area contributed by atoms with Crippen molar-refractivity contribution in [1.82, 2.24) is 19.7 Å². The second kappa shape index (κ2) is 10.5. The summed E-state index contributed by atoms with van der Waals surface area (Å²) in [5.74, 6) is 1.71. The topological polar surface area (TPSA) is 129 Å². The molecule has 1 fully saturated rings. The van der Waals surface area contributed by atoms with E-state index < -0.39 is 17.1 Å². The van der Waals surface area contributed by atoms with Gasteiger partial charge in [0.15, 0.2) is 0 Å². The highest BCUT2D eigenvalue weighted by Gasteiger charge is 2.44. The number of benzene rings is 1. The molecule has 10 nitrogen and oxygen atoms in total. The highest BCUT2D eigenvalue weighted by molar-refractivity contribution is 5.95. The van der Waals surface area contributed by atoms with Gasteiger partial charge in [0.05, 0.1) is 29.2 Å². The number of carbonyl (C=O) groups is 1. The summed E-state index contributed by atoms with van der Waals surface area (Å²) in [5, 5.41) is 28.5. The molecule has 5 rings (SSSR count). The Hall–Kier alpha value is -3.97. The van der Waals surface area contributed by atoms with Crippen molar-refractivity contribution < 1.29 is 14.6 Å². The van der Waals surface area contributed by atoms with Crippen LogP contribution in [0.5, 0.6) is 0 Å². The van der Waals surface area contributed by atoms with Gasteiger partial charge in [-0.25, -0.2) is 14.8 Å². The number of nitrogens with one attached hydrogen (secondary N) is 1. The Morgan fingerprint density at radius 2 is 2.00 bits per heavy atom. The Morgan fingerprint density at radius 1 is 1.25 bits per heavy atom. The highest BCUT2D eigenvalue weighted by Crippen LogP contribution is 2.45. The van der Waals surface area contributed by atoms with Gasteiger partial charge in [0.2, 0.25) is 5.95 Å². The van der Waals surface area contributed by atoms with Crippen LogP contribution in [0.2, 0.25) is 0 Å². The predicted octanol–water partition coefficient (Wildman–Crippen LogP) is 5.55. The fourth-order valence-electron chi connectivity index (χ4n) is 5.64. The van der Waals surface area contributed by atoms with Crippen molar-refractivity contribution in [3.8, 4) is 17.3 Å². The Kier molecular flexibility index (Phi) is 7.27. The number of rotatable bonds is 5. The largest absolute Gasteiger partial charge is 0.443 e. The van der Waals surface area contributed by atoms with E-state index in [9.17, 15) is 15.2 Å². The number of ether oxygens (including phenoxy) is 1. The molecule has 3 heterocycles. The van der Waals surface area contributed by atoms with Crippen molar-refractivity contribution >= 4 is 23.5 Å². The van der Waals surface area contributed by atoms with Crippen molar-refractivity contribution in [2.75, 3.05) is 23.4 Å². The minimum Gasteiger partial charge on any atom is -0.443 e. The molecule has 1 unspecified atom stereocenters. The van der Waals surface area contributed by atoms with E-state index in [1.54, 1.807) is 39.1 Å². The molecule has 0 spiro atoms. The van der Waals surface area contributed by atoms with E-state index in [1.807, 2.05) is 24.7 Å². The first-order valence-electron chi connectivity index (χ1n) is 13.9. The van der Waals surface area contributed by atoms with Gasteiger partial charge in [0, 0.05) is 42.8 Å². The molecule has 10 heteroatoms. The molecule has 0 saturated heterocycles. The smallest absolute Gasteiger partial charge is 0.414 e. The second-order valence-corrected chi connectivity index (χ2v) is 12.1. The minimum atomic E-state index is -0.772. The van der Waals surface area contributed by atoms with Gasteiger partial charge in [-0.1, -0.05) is 26.2 Å². The zero-order valence-corrected chi connectivity index (χ0v) is 23.9. The first-order chi connectivity index (χ1) is 19.0. The van der Waals surface area contributed by atoms with Crippen LogP contribution in [0.25, 0.3) is 11.3 Å². The second-order valence-electron chi connectivity index (χ2n) is 12.1. The molecule has 2 aliphatic rings. The molecule has 1 aromatic carbocycles. The van der Waals surface area contributed by atoms with Crippen LogP contribution in [-0.2, 0) is 17.2 Å². The van der Waals surface area contributed by atoms with E-state index in [1.165, 1.54) is 37.0 Å². The zero-order chi connectivity index (χ0) is 28.7. The lowest BCUT2D eigenvalue weighted by Crippen LogP contribution is -2.40. The van der Waals surface area contributed by atoms with E-state index in [2.05, 4.69) is 22.4 Å². The van der Waals surface area contributed by atoms with Crippen LogP contribution in [0, 0.1) is 11.3 Å². The zero-order valence-electron chi connectivity index (χ0n) is 23.9. The van der Waals surface area contributed by atoms with Gasteiger partial charge in [0.25, 0.3) is 0 Å². The first-order valence-corrected chi connectivity index (χ1v) is 13.9. The van der Waals surface area contributed by atoms with Crippen LogP contribution >= 0.6 is 0 Å². The Labute approximate surface area is 235 Å². The summed E-state index contributed by atoms with van der Waals surface area (Å²) >= 11 is 0. The lowest BCUT2D eigenvalue weighted by molar-refractivity contribution is 0.0575. The van der Waals surface area contributed by atoms with Crippen molar-refractivity contribution in [3.05, 3.63) is 47.3 Å². The number of aliphatic hydroxyl groups is 1. The van der Waals surface area contributed by atoms with Crippen molar-refractivity contribution in [1.29, 1.82) is 5.26 Å². The lowest BCUT2D eigenvalue weighted by Gasteiger charge is -2.26. The molecule has 2 N–H and O–H groups in total. The third-order valence-electron chi connectivity index (χ3n) is 7.73. The van der Waals surface area contributed by atoms with Gasteiger partial charge in [-0.2, -0.15) is 10.4 Å². The molecule has 1 atom stereocenters. The molecule has 2 aromatic heterocycles. The Balaban J connectivity index is 1.47. The quantitative estimate of drug-likeness (QED) is 0.429. The van der Waals surface area contributed by atoms with Gasteiger partial charge < -0.3 is 15.2 Å². The molecular weight excluding hydrogens is 506 g/mol. The lowest BCUT2D eigenvalue weighted by atomic mass is 9.83. The number of nitriles is 1. The molecule has 1 amide bonds. The summed E-state index contributed by atoms with van der Waals surface area (Å²) < 4.78 is 7.43. The molecule has 40 heavy (non-hydrogen) atoms. The predicted molar refractivity (Wildman–Crippen MR) is 153 cm³/mol. The number of hydrogen-bond acceptors (Lipinski definition) is 8. The van der Waals surface area contributed by atoms with Crippen molar-refractivity contribution in [2.45, 2.75) is 76.7 Å². The maximum absolute atomic E-state index is 13.1. The van der Waals surface area contributed by atoms with Gasteiger partial charge in [-0.15, -0.1) is 0 Å². The molecule has 210 valence electrons. The van der Waals surface area contributed by atoms with E-state index in [0.29, 0.717) is 39.9 Å². The van der Waals surface area contributed by atoms with E-state index in [0.717, 1.165) is 11.5 Å². The maximum Gasteiger partial charge on any atom is 0.414 e. The van der Waals surface area contributed by atoms with Crippen molar-refractivity contribution in [2.24, 2.45) is 7.05 Å². The molecule has 3 aromatic rings. The van der Waals surface area contributed by atoms with Gasteiger partial charge in [-0.05, 0) is 57.4 Å². The fraction of sp³-hybridized carbons (Fsp3) is 0.500. The summed E-state index contributed by atoms with van der Waals surface area (Å²) in [6.45, 7) is 7.26. The molecule has 0 radical (unpaired) electrons. The standard InChI is InChI=1S/C30H37N7O3/c1-29(2,3)40-28(39)37-17-30(4,18-38)22-14-20(13-21(16-31)26(22)37)23-11-12-32-27(33-23)34-25-15-24(35-36(25)5)19-9-7-6-8-10-19/h11-15,19,38H,6-10,17-18H2,1-5H3,(H,32,33,34). The maximum atomic E-state index is 13.1. The van der Waals surface area contributed by atoms with Crippen LogP contribution < -0.4 is 10.2 Å². The number of nitrogens with zero attached hydrogens (tertiary/aromatic N) is 6. The molecular formula is C30H37N7O3. The average Bonchev–Trinajstić information content (AvgIpc) is 3.45. The van der Waals surface area contributed by atoms with Crippen LogP contribution in [0.4, 0.5) is 22.2 Å². The van der Waals surface area contributed by atoms with Gasteiger partial charge in [-0.3, -0.25) is 9.58 Å². The highest BCUT2D eigenvalue weighted by atomic mass is 16.6. The van der Waals surface area contributed by atoms with Crippen LogP contribution in [-0.4, -0.2) is 49.7 Å². The minimum absolute atomic E-state index is 0.200. The summed E-state index contributed by atoms with van der Waals surface area (Å²) in [7, 11) is 1.91. The van der Waals surface area contributed by atoms with E-state index >= 15 is 0 Å². The summed E-state index contributed by atoms with van der Waals surface area (Å²) in [5.41, 5.74) is 2.41. The molecule has 1 aliphatic carbocycles. The molecule has 0 bridgehead atoms. The number of hydrogen-bond donors (Lipinski definition) is 2. The van der Waals surface area contributed by atoms with Crippen LogP contribution in [0.3, 0.4) is 0 Å². The number of aromatic nitrogens is 4. The van der Waals surface area contributed by atoms with Gasteiger partial charge in [0.1, 0.15) is 17.5 Å². The van der Waals surface area contributed by atoms with E-state index in [-0.39, 0.29) is 13.2 Å². The Bertz CT molecular complexity index is 1460. The number of anilines is 3. The fourth-order valence-corrected chi connectivity index (χ4v) is 5.64. The number of fused-ring (bicyclic) bond motifs is 1. The number of aliphatic hydroxyl groups excluding tert-OH is 1. The average molecular weight is 544 g/mol. The van der Waals surface area contributed by atoms with Crippen LogP contribution in [0.15, 0.2) is 30.5 Å².